The zero-order valence-electron chi connectivity index (χ0n) is 11.4. The van der Waals surface area contributed by atoms with Crippen LogP contribution in [0.5, 0.6) is 0 Å². The zero-order valence-corrected chi connectivity index (χ0v) is 11.4. The molecule has 1 aliphatic carbocycles. The van der Waals surface area contributed by atoms with Crippen molar-refractivity contribution >= 4 is 5.82 Å². The first-order chi connectivity index (χ1) is 9.76. The molecule has 0 atom stereocenters. The molecule has 1 fully saturated rings. The maximum absolute atomic E-state index is 13.0. The lowest BCUT2D eigenvalue weighted by Crippen LogP contribution is -2.04. The van der Waals surface area contributed by atoms with Crippen LogP contribution in [-0.2, 0) is 0 Å². The molecule has 4 nitrogen and oxygen atoms in total. The van der Waals surface area contributed by atoms with E-state index in [-0.39, 0.29) is 5.82 Å². The monoisotopic (exact) mass is 272 g/mol. The molecule has 0 unspecified atom stereocenters. The molecule has 0 aromatic carbocycles. The Morgan fingerprint density at radius 1 is 1.20 bits per heavy atom. The van der Waals surface area contributed by atoms with E-state index in [2.05, 4.69) is 20.3 Å². The fourth-order valence-corrected chi connectivity index (χ4v) is 2.65. The van der Waals surface area contributed by atoms with Gasteiger partial charge < -0.3 is 5.32 Å². The highest BCUT2D eigenvalue weighted by Crippen LogP contribution is 2.34. The number of aromatic nitrogens is 3. The molecule has 1 aliphatic rings. The van der Waals surface area contributed by atoms with Crippen LogP contribution >= 0.6 is 0 Å². The number of halogens is 1. The number of rotatable bonds is 3. The van der Waals surface area contributed by atoms with Crippen molar-refractivity contribution in [1.82, 2.24) is 15.0 Å². The molecule has 2 aromatic rings. The summed E-state index contributed by atoms with van der Waals surface area (Å²) in [6.45, 7) is 0. The number of nitrogens with one attached hydrogen (secondary N) is 1. The first kappa shape index (κ1) is 13.0. The van der Waals surface area contributed by atoms with Gasteiger partial charge in [-0.05, 0) is 25.0 Å². The molecule has 0 amide bonds. The van der Waals surface area contributed by atoms with E-state index in [1.165, 1.54) is 37.9 Å². The minimum Gasteiger partial charge on any atom is -0.373 e. The van der Waals surface area contributed by atoms with Gasteiger partial charge in [-0.25, -0.2) is 19.3 Å². The standard InChI is InChI=1S/C15H17FN4/c1-17-14-8-13(10-4-2-3-5-10)19-15(20-14)12-7-6-11(16)9-18-12/h6-10H,2-5H2,1H3,(H,17,19,20). The second-order valence-corrected chi connectivity index (χ2v) is 5.09. The van der Waals surface area contributed by atoms with Gasteiger partial charge in [0.2, 0.25) is 0 Å². The van der Waals surface area contributed by atoms with Gasteiger partial charge >= 0.3 is 0 Å². The number of hydrogen-bond acceptors (Lipinski definition) is 4. The van der Waals surface area contributed by atoms with Gasteiger partial charge in [0, 0.05) is 24.7 Å². The van der Waals surface area contributed by atoms with Crippen molar-refractivity contribution in [2.24, 2.45) is 0 Å². The summed E-state index contributed by atoms with van der Waals surface area (Å²) in [5, 5.41) is 3.06. The van der Waals surface area contributed by atoms with Gasteiger partial charge in [0.25, 0.3) is 0 Å². The number of nitrogens with zero attached hydrogens (tertiary/aromatic N) is 3. The Morgan fingerprint density at radius 2 is 2.00 bits per heavy atom. The lowest BCUT2D eigenvalue weighted by molar-refractivity contribution is 0.621. The molecule has 0 bridgehead atoms. The molecule has 1 N–H and O–H groups in total. The van der Waals surface area contributed by atoms with Crippen LogP contribution in [0.4, 0.5) is 10.2 Å². The van der Waals surface area contributed by atoms with Crippen molar-refractivity contribution in [2.45, 2.75) is 31.6 Å². The van der Waals surface area contributed by atoms with Gasteiger partial charge in [0.15, 0.2) is 5.82 Å². The van der Waals surface area contributed by atoms with E-state index < -0.39 is 0 Å². The molecular weight excluding hydrogens is 255 g/mol. The van der Waals surface area contributed by atoms with E-state index in [4.69, 9.17) is 0 Å². The highest BCUT2D eigenvalue weighted by atomic mass is 19.1. The Kier molecular flexibility index (Phi) is 3.58. The first-order valence-electron chi connectivity index (χ1n) is 6.95. The van der Waals surface area contributed by atoms with Crippen LogP contribution in [0.1, 0.15) is 37.3 Å². The Labute approximate surface area is 117 Å². The zero-order chi connectivity index (χ0) is 13.9. The summed E-state index contributed by atoms with van der Waals surface area (Å²) in [5.74, 6) is 1.49. The average molecular weight is 272 g/mol. The normalized spacial score (nSPS) is 15.5. The summed E-state index contributed by atoms with van der Waals surface area (Å²) in [6.07, 6.45) is 6.06. The Bertz CT molecular complexity index is 591. The SMILES string of the molecule is CNc1cc(C2CCCC2)nc(-c2ccc(F)cn2)n1. The lowest BCUT2D eigenvalue weighted by atomic mass is 10.0. The minimum absolute atomic E-state index is 0.352. The van der Waals surface area contributed by atoms with Crippen LogP contribution in [0, 0.1) is 5.82 Å². The van der Waals surface area contributed by atoms with Crippen LogP contribution in [0.15, 0.2) is 24.4 Å². The molecular formula is C15H17FN4. The maximum Gasteiger partial charge on any atom is 0.180 e. The van der Waals surface area contributed by atoms with Crippen LogP contribution in [0.3, 0.4) is 0 Å². The number of hydrogen-bond donors (Lipinski definition) is 1. The van der Waals surface area contributed by atoms with Crippen molar-refractivity contribution in [3.8, 4) is 11.5 Å². The summed E-state index contributed by atoms with van der Waals surface area (Å²) in [7, 11) is 1.84. The Hall–Kier alpha value is -2.04. The maximum atomic E-state index is 13.0. The largest absolute Gasteiger partial charge is 0.373 e. The summed E-state index contributed by atoms with van der Waals surface area (Å²) >= 11 is 0. The summed E-state index contributed by atoms with van der Waals surface area (Å²) in [6, 6.07) is 5.00. The van der Waals surface area contributed by atoms with Crippen molar-refractivity contribution < 1.29 is 4.39 Å². The van der Waals surface area contributed by atoms with Crippen LogP contribution in [-0.4, -0.2) is 22.0 Å². The molecule has 20 heavy (non-hydrogen) atoms. The van der Waals surface area contributed by atoms with Crippen LogP contribution < -0.4 is 5.32 Å². The van der Waals surface area contributed by atoms with Gasteiger partial charge in [-0.15, -0.1) is 0 Å². The third-order valence-corrected chi connectivity index (χ3v) is 3.73. The van der Waals surface area contributed by atoms with Gasteiger partial charge in [-0.1, -0.05) is 12.8 Å². The molecule has 2 aromatic heterocycles. The highest BCUT2D eigenvalue weighted by molar-refractivity contribution is 5.53. The molecule has 0 saturated heterocycles. The smallest absolute Gasteiger partial charge is 0.180 e. The fourth-order valence-electron chi connectivity index (χ4n) is 2.65. The predicted octanol–water partition coefficient (Wildman–Crippen LogP) is 3.38. The molecule has 104 valence electrons. The molecule has 0 radical (unpaired) electrons. The van der Waals surface area contributed by atoms with E-state index in [1.54, 1.807) is 6.07 Å². The van der Waals surface area contributed by atoms with E-state index in [0.717, 1.165) is 11.5 Å². The Balaban J connectivity index is 2.01. The van der Waals surface area contributed by atoms with Crippen molar-refractivity contribution in [3.05, 3.63) is 35.9 Å². The van der Waals surface area contributed by atoms with Crippen LogP contribution in [0.2, 0.25) is 0 Å². The summed E-state index contributed by atoms with van der Waals surface area (Å²) in [5.41, 5.74) is 1.66. The van der Waals surface area contributed by atoms with E-state index in [9.17, 15) is 4.39 Å². The highest BCUT2D eigenvalue weighted by Gasteiger charge is 2.20. The number of pyridine rings is 1. The van der Waals surface area contributed by atoms with Gasteiger partial charge in [-0.2, -0.15) is 0 Å². The average Bonchev–Trinajstić information content (AvgIpc) is 3.02. The van der Waals surface area contributed by atoms with Crippen LogP contribution in [0.25, 0.3) is 11.5 Å². The quantitative estimate of drug-likeness (QED) is 0.930. The number of anilines is 1. The van der Waals surface area contributed by atoms with Gasteiger partial charge in [0.05, 0.1) is 6.20 Å². The molecule has 3 rings (SSSR count). The van der Waals surface area contributed by atoms with E-state index >= 15 is 0 Å². The molecule has 1 saturated carbocycles. The summed E-state index contributed by atoms with van der Waals surface area (Å²) in [4.78, 5) is 13.1. The molecule has 0 spiro atoms. The lowest BCUT2D eigenvalue weighted by Gasteiger charge is -2.12. The van der Waals surface area contributed by atoms with Gasteiger partial charge in [-0.3, -0.25) is 0 Å². The van der Waals surface area contributed by atoms with Crippen molar-refractivity contribution in [1.29, 1.82) is 0 Å². The Morgan fingerprint density at radius 3 is 2.65 bits per heavy atom. The topological polar surface area (TPSA) is 50.7 Å². The first-order valence-corrected chi connectivity index (χ1v) is 6.95. The van der Waals surface area contributed by atoms with Gasteiger partial charge in [0.1, 0.15) is 17.3 Å². The third kappa shape index (κ3) is 2.61. The second kappa shape index (κ2) is 5.53. The molecule has 0 aliphatic heterocycles. The third-order valence-electron chi connectivity index (χ3n) is 3.73. The fraction of sp³-hybridized carbons (Fsp3) is 0.400. The van der Waals surface area contributed by atoms with E-state index in [1.807, 2.05) is 13.1 Å². The second-order valence-electron chi connectivity index (χ2n) is 5.09. The minimum atomic E-state index is -0.352. The predicted molar refractivity (Wildman–Crippen MR) is 76.0 cm³/mol. The van der Waals surface area contributed by atoms with E-state index in [0.29, 0.717) is 17.4 Å². The van der Waals surface area contributed by atoms with Crippen molar-refractivity contribution in [3.63, 3.8) is 0 Å². The van der Waals surface area contributed by atoms with Crippen molar-refractivity contribution in [2.75, 3.05) is 12.4 Å². The molecule has 2 heterocycles. The summed E-state index contributed by atoms with van der Waals surface area (Å²) < 4.78 is 13.0. The molecule has 5 heteroatoms.